The maximum absolute atomic E-state index is 13.3. The molecular weight excluding hydrogens is 407 g/mol. The SMILES string of the molecule is O=C(Nc1cccnc1)N1c2nc(N3CCCC(C(F)(F)F)C3)ccc2C2CCCC21. The molecule has 3 aliphatic rings. The minimum atomic E-state index is -4.21. The van der Waals surface area contributed by atoms with Gasteiger partial charge in [-0.15, -0.1) is 0 Å². The highest BCUT2D eigenvalue weighted by molar-refractivity contribution is 6.03. The quantitative estimate of drug-likeness (QED) is 0.732. The van der Waals surface area contributed by atoms with Gasteiger partial charge in [0.05, 0.1) is 17.8 Å². The van der Waals surface area contributed by atoms with E-state index in [1.807, 2.05) is 12.1 Å². The highest BCUT2D eigenvalue weighted by Gasteiger charge is 2.46. The third kappa shape index (κ3) is 3.70. The number of anilines is 3. The number of hydrogen-bond donors (Lipinski definition) is 1. The number of carbonyl (C=O) groups excluding carboxylic acids is 1. The lowest BCUT2D eigenvalue weighted by atomic mass is 9.97. The number of pyridine rings is 2. The summed E-state index contributed by atoms with van der Waals surface area (Å²) in [5.74, 6) is -0.0456. The molecule has 2 fully saturated rings. The van der Waals surface area contributed by atoms with E-state index in [2.05, 4.69) is 10.3 Å². The minimum absolute atomic E-state index is 0.0266. The molecule has 1 saturated heterocycles. The van der Waals surface area contributed by atoms with Crippen LogP contribution in [-0.4, -0.2) is 41.3 Å². The first kappa shape index (κ1) is 20.1. The number of alkyl halides is 3. The van der Waals surface area contributed by atoms with E-state index in [0.717, 1.165) is 24.8 Å². The fourth-order valence-corrected chi connectivity index (χ4v) is 5.20. The molecule has 2 aliphatic heterocycles. The fourth-order valence-electron chi connectivity index (χ4n) is 5.20. The van der Waals surface area contributed by atoms with Crippen LogP contribution in [0.2, 0.25) is 0 Å². The topological polar surface area (TPSA) is 61.4 Å². The van der Waals surface area contributed by atoms with Crippen LogP contribution in [0.3, 0.4) is 0 Å². The van der Waals surface area contributed by atoms with Crippen LogP contribution in [0.4, 0.5) is 35.3 Å². The summed E-state index contributed by atoms with van der Waals surface area (Å²) >= 11 is 0. The van der Waals surface area contributed by atoms with Crippen molar-refractivity contribution in [2.24, 2.45) is 5.92 Å². The standard InChI is InChI=1S/C22H24F3N5O/c23-22(24,25)14-4-3-11-29(13-14)19-9-8-17-16-6-1-7-18(16)30(20(17)28-19)21(31)27-15-5-2-10-26-12-15/h2,5,8-10,12,14,16,18H,1,3-4,6-7,11,13H2,(H,27,31). The van der Waals surface area contributed by atoms with Crippen LogP contribution < -0.4 is 15.1 Å². The molecule has 0 aromatic carbocycles. The van der Waals surface area contributed by atoms with Gasteiger partial charge < -0.3 is 10.2 Å². The van der Waals surface area contributed by atoms with Crippen molar-refractivity contribution in [2.75, 3.05) is 28.2 Å². The lowest BCUT2D eigenvalue weighted by molar-refractivity contribution is -0.176. The zero-order valence-electron chi connectivity index (χ0n) is 17.0. The Morgan fingerprint density at radius 2 is 2.00 bits per heavy atom. The number of nitrogens with zero attached hydrogens (tertiary/aromatic N) is 4. The number of halogens is 3. The molecule has 2 amide bonds. The number of fused-ring (bicyclic) bond motifs is 3. The van der Waals surface area contributed by atoms with Crippen LogP contribution in [0.5, 0.6) is 0 Å². The molecule has 31 heavy (non-hydrogen) atoms. The van der Waals surface area contributed by atoms with Crippen LogP contribution in [-0.2, 0) is 0 Å². The van der Waals surface area contributed by atoms with Gasteiger partial charge in [-0.05, 0) is 43.9 Å². The second kappa shape index (κ2) is 7.69. The first-order valence-electron chi connectivity index (χ1n) is 10.7. The molecule has 1 saturated carbocycles. The van der Waals surface area contributed by atoms with Crippen LogP contribution in [0, 0.1) is 5.92 Å². The third-order valence-corrected chi connectivity index (χ3v) is 6.67. The zero-order valence-corrected chi connectivity index (χ0v) is 17.0. The van der Waals surface area contributed by atoms with Crippen molar-refractivity contribution in [3.63, 3.8) is 0 Å². The molecule has 5 rings (SSSR count). The number of hydrogen-bond acceptors (Lipinski definition) is 4. The highest BCUT2D eigenvalue weighted by Crippen LogP contribution is 2.49. The molecule has 1 N–H and O–H groups in total. The Kier molecular flexibility index (Phi) is 4.98. The van der Waals surface area contributed by atoms with Gasteiger partial charge in [0.25, 0.3) is 0 Å². The Morgan fingerprint density at radius 1 is 1.13 bits per heavy atom. The van der Waals surface area contributed by atoms with Crippen LogP contribution in [0.25, 0.3) is 0 Å². The number of nitrogens with one attached hydrogen (secondary N) is 1. The largest absolute Gasteiger partial charge is 0.393 e. The minimum Gasteiger partial charge on any atom is -0.356 e. The average Bonchev–Trinajstić information content (AvgIpc) is 3.34. The smallest absolute Gasteiger partial charge is 0.356 e. The molecule has 0 spiro atoms. The number of piperidine rings is 1. The van der Waals surface area contributed by atoms with E-state index in [0.29, 0.717) is 30.3 Å². The molecule has 2 aromatic rings. The first-order chi connectivity index (χ1) is 14.9. The predicted molar refractivity (Wildman–Crippen MR) is 111 cm³/mol. The molecular formula is C22H24F3N5O. The molecule has 1 aliphatic carbocycles. The molecule has 164 valence electrons. The monoisotopic (exact) mass is 431 g/mol. The zero-order chi connectivity index (χ0) is 21.6. The fraction of sp³-hybridized carbons (Fsp3) is 0.500. The van der Waals surface area contributed by atoms with Crippen molar-refractivity contribution < 1.29 is 18.0 Å². The van der Waals surface area contributed by atoms with Gasteiger partial charge in [0, 0.05) is 36.8 Å². The number of urea groups is 1. The molecule has 3 unspecified atom stereocenters. The van der Waals surface area contributed by atoms with Gasteiger partial charge in [-0.3, -0.25) is 9.88 Å². The summed E-state index contributed by atoms with van der Waals surface area (Å²) in [6, 6.07) is 7.03. The predicted octanol–water partition coefficient (Wildman–Crippen LogP) is 4.94. The van der Waals surface area contributed by atoms with E-state index < -0.39 is 12.1 Å². The molecule has 4 heterocycles. The second-order valence-electron chi connectivity index (χ2n) is 8.56. The maximum Gasteiger partial charge on any atom is 0.393 e. The Balaban J connectivity index is 1.44. The van der Waals surface area contributed by atoms with E-state index in [-0.39, 0.29) is 31.0 Å². The Bertz CT molecular complexity index is 967. The molecule has 0 radical (unpaired) electrons. The van der Waals surface area contributed by atoms with E-state index in [1.54, 1.807) is 34.3 Å². The summed E-state index contributed by atoms with van der Waals surface area (Å²) in [6.45, 7) is 0.442. The lowest BCUT2D eigenvalue weighted by Crippen LogP contribution is -2.43. The number of carbonyl (C=O) groups is 1. The van der Waals surface area contributed by atoms with Gasteiger partial charge in [0.1, 0.15) is 11.6 Å². The summed E-state index contributed by atoms with van der Waals surface area (Å²) in [5.41, 5.74) is 1.60. The van der Waals surface area contributed by atoms with Gasteiger partial charge in [-0.2, -0.15) is 13.2 Å². The Morgan fingerprint density at radius 3 is 2.77 bits per heavy atom. The number of rotatable bonds is 2. The van der Waals surface area contributed by atoms with Gasteiger partial charge in [-0.25, -0.2) is 9.78 Å². The van der Waals surface area contributed by atoms with Crippen LogP contribution >= 0.6 is 0 Å². The summed E-state index contributed by atoms with van der Waals surface area (Å²) in [5, 5.41) is 2.89. The first-order valence-corrected chi connectivity index (χ1v) is 10.7. The van der Waals surface area contributed by atoms with Crippen LogP contribution in [0.15, 0.2) is 36.7 Å². The van der Waals surface area contributed by atoms with Gasteiger partial charge in [-0.1, -0.05) is 12.5 Å². The highest BCUT2D eigenvalue weighted by atomic mass is 19.4. The van der Waals surface area contributed by atoms with Gasteiger partial charge in [0.15, 0.2) is 0 Å². The summed E-state index contributed by atoms with van der Waals surface area (Å²) in [7, 11) is 0. The number of aromatic nitrogens is 2. The lowest BCUT2D eigenvalue weighted by Gasteiger charge is -2.35. The van der Waals surface area contributed by atoms with Crippen molar-refractivity contribution in [2.45, 2.75) is 50.2 Å². The van der Waals surface area contributed by atoms with Gasteiger partial charge in [0.2, 0.25) is 0 Å². The van der Waals surface area contributed by atoms with Crippen molar-refractivity contribution in [3.8, 4) is 0 Å². The molecule has 3 atom stereocenters. The maximum atomic E-state index is 13.3. The van der Waals surface area contributed by atoms with Gasteiger partial charge >= 0.3 is 12.2 Å². The number of amides is 2. The van der Waals surface area contributed by atoms with Crippen molar-refractivity contribution in [1.29, 1.82) is 0 Å². The Hall–Kier alpha value is -2.84. The molecule has 2 aromatic heterocycles. The van der Waals surface area contributed by atoms with E-state index in [4.69, 9.17) is 4.98 Å². The van der Waals surface area contributed by atoms with Crippen LogP contribution in [0.1, 0.15) is 43.6 Å². The normalized spacial score (nSPS) is 25.3. The van der Waals surface area contributed by atoms with Crippen molar-refractivity contribution >= 4 is 23.4 Å². The van der Waals surface area contributed by atoms with Crippen molar-refractivity contribution in [3.05, 3.63) is 42.2 Å². The summed E-state index contributed by atoms with van der Waals surface area (Å²) < 4.78 is 39.8. The molecule has 0 bridgehead atoms. The summed E-state index contributed by atoms with van der Waals surface area (Å²) in [6.07, 6.45) is 2.53. The second-order valence-corrected chi connectivity index (χ2v) is 8.56. The summed E-state index contributed by atoms with van der Waals surface area (Å²) in [4.78, 5) is 25.3. The third-order valence-electron chi connectivity index (χ3n) is 6.67. The van der Waals surface area contributed by atoms with Crippen molar-refractivity contribution in [1.82, 2.24) is 9.97 Å². The average molecular weight is 431 g/mol. The van der Waals surface area contributed by atoms with E-state index in [9.17, 15) is 18.0 Å². The van der Waals surface area contributed by atoms with E-state index in [1.165, 1.54) is 0 Å². The molecule has 6 nitrogen and oxygen atoms in total. The van der Waals surface area contributed by atoms with E-state index >= 15 is 0 Å². The molecule has 9 heteroatoms. The Labute approximate surface area is 178 Å².